The molecule has 15 aliphatic rings. The maximum Gasteiger partial charge on any atom is 0.343 e. The number of nitrogens with one attached hydrogen (secondary N) is 3. The number of ether oxygens (including phenoxy) is 2. The zero-order chi connectivity index (χ0) is 62.9. The van der Waals surface area contributed by atoms with E-state index in [2.05, 4.69) is 65.8 Å². The van der Waals surface area contributed by atoms with E-state index >= 15 is 0 Å². The van der Waals surface area contributed by atoms with Crippen molar-refractivity contribution in [3.8, 4) is 0 Å². The number of nitrogens with two attached hydrogens (primary N) is 1. The first-order valence-electron chi connectivity index (χ1n) is 30.1. The van der Waals surface area contributed by atoms with Crippen LogP contribution in [0.1, 0.15) is 147 Å². The Bertz CT molecular complexity index is 3620. The quantitative estimate of drug-likeness (QED) is 0.0176. The van der Waals surface area contributed by atoms with Crippen molar-refractivity contribution >= 4 is 117 Å². The Balaban J connectivity index is 0.000000112. The first-order chi connectivity index (χ1) is 42.8. The number of fused-ring (bicyclic) bond motifs is 1. The van der Waals surface area contributed by atoms with Gasteiger partial charge in [-0.1, -0.05) is 70.4 Å². The van der Waals surface area contributed by atoms with Gasteiger partial charge in [-0.15, -0.1) is 0 Å². The number of aldehydes is 1. The number of anilines is 3. The molecule has 6 aromatic rings. The van der Waals surface area contributed by atoms with Crippen molar-refractivity contribution in [2.45, 2.75) is 170 Å². The minimum Gasteiger partial charge on any atom is -0.462 e. The summed E-state index contributed by atoms with van der Waals surface area (Å²) in [4.78, 5) is 88.6. The monoisotopic (exact) mass is 1330 g/mol. The van der Waals surface area contributed by atoms with Crippen molar-refractivity contribution in [1.82, 2.24) is 54.4 Å². The van der Waals surface area contributed by atoms with Crippen LogP contribution in [-0.2, 0) is 21.6 Å². The van der Waals surface area contributed by atoms with E-state index < -0.39 is 5.97 Å². The van der Waals surface area contributed by atoms with Crippen LogP contribution in [0.25, 0.3) is 11.0 Å². The summed E-state index contributed by atoms with van der Waals surface area (Å²) in [6.07, 6.45) is 36.9. The molecule has 0 amide bonds. The Morgan fingerprint density at radius 1 is 0.584 bits per heavy atom. The molecule has 0 atom stereocenters. The van der Waals surface area contributed by atoms with Gasteiger partial charge in [-0.25, -0.2) is 59.4 Å². The summed E-state index contributed by atoms with van der Waals surface area (Å²) in [5, 5.41) is 24.1. The van der Waals surface area contributed by atoms with Gasteiger partial charge in [0.25, 0.3) is 5.56 Å². The van der Waals surface area contributed by atoms with Gasteiger partial charge in [-0.2, -0.15) is 0 Å². The van der Waals surface area contributed by atoms with E-state index in [1.54, 1.807) is 38.5 Å². The second kappa shape index (κ2) is 27.0. The van der Waals surface area contributed by atoms with Crippen LogP contribution in [0.15, 0.2) is 73.7 Å². The molecule has 22 nitrogen and oxygen atoms in total. The van der Waals surface area contributed by atoms with Gasteiger partial charge in [0.2, 0.25) is 0 Å². The van der Waals surface area contributed by atoms with Crippen molar-refractivity contribution < 1.29 is 29.0 Å². The minimum atomic E-state index is -0.495. The molecule has 15 saturated carbocycles. The topological polar surface area (TPSA) is 303 Å². The molecule has 0 aromatic carbocycles. The first kappa shape index (κ1) is 65.1. The normalized spacial score (nSPS) is 28.3. The lowest BCUT2D eigenvalue weighted by atomic mass is 9.49. The lowest BCUT2D eigenvalue weighted by Crippen LogP contribution is -2.64. The summed E-state index contributed by atoms with van der Waals surface area (Å²) in [7, 11) is 0. The third-order valence-corrected chi connectivity index (χ3v) is 21.9. The highest BCUT2D eigenvalue weighted by atomic mass is 35.5. The number of carbonyl (C=O) groups excluding carboxylic acids is 3. The highest BCUT2D eigenvalue weighted by Crippen LogP contribution is 2.63. The molecule has 6 N–H and O–H groups in total. The fourth-order valence-corrected chi connectivity index (χ4v) is 15.5. The summed E-state index contributed by atoms with van der Waals surface area (Å²) in [6, 6.07) is 3.47. The van der Waals surface area contributed by atoms with Crippen LogP contribution in [0.5, 0.6) is 0 Å². The van der Waals surface area contributed by atoms with Crippen molar-refractivity contribution in [3.05, 3.63) is 80.9 Å². The number of aliphatic hydroxyl groups excluding tert-OH is 1. The number of rotatable bonds is 18. The number of aliphatic hydroxyl groups is 1. The van der Waals surface area contributed by atoms with Crippen LogP contribution in [0.4, 0.5) is 17.5 Å². The Labute approximate surface area is 543 Å². The molecule has 10 bridgehead atoms. The maximum atomic E-state index is 12.2. The second-order valence-corrected chi connectivity index (χ2v) is 29.4. The number of aromatic nitrogens is 11. The standard InChI is InChI=1S/C13H17N3O2S.C13H13N3OS.C11H15N3OS.C11H13N3OS.C8H9ClN2O2S.C5H9N/c1-3-18-11(17)9-7-14-12(19-2)15-10(9)16-13-4-8(5-13)6-13;1-18-12-14-7-9-2-3-10(17)16(11(9)15-12)13-4-8(5-13)6-13;2*1-16-10-12-5-8(6-15)9(13-10)14-11-2-7(3-11)4-11;1-3-13-7(12)5-4-10-8(14-2)11-6(5)9;6-5-1-4(2-5)3-5/h7-8H,3-6H2,1-2H3,(H,14,15,16);2-3,7-8H,4-6H2,1H3;5,7,15H,2-4,6H2,1H3,(H,12,13,14);5-7H,2-4H2,1H3,(H,12,13,14);4H,3H2,1-2H3;4H,1-3,6H2. The zero-order valence-corrected chi connectivity index (χ0v) is 55.9. The van der Waals surface area contributed by atoms with Gasteiger partial charge in [0.1, 0.15) is 39.4 Å². The highest BCUT2D eigenvalue weighted by molar-refractivity contribution is 7.99. The summed E-state index contributed by atoms with van der Waals surface area (Å²) in [6.45, 7) is 4.18. The molecule has 474 valence electrons. The van der Waals surface area contributed by atoms with Crippen LogP contribution >= 0.6 is 70.4 Å². The van der Waals surface area contributed by atoms with Gasteiger partial charge in [0.15, 0.2) is 32.1 Å². The second-order valence-electron chi connectivity index (χ2n) is 25.1. The SMILES string of the molecule is CCOC(=O)c1cnc(SC)nc1Cl.CCOC(=O)c1cnc(SC)nc1NC12CC(C1)C2.CSc1ncc(C=O)c(NC23CC(C2)C3)n1.CSc1ncc(CO)c(NC23CC(C2)C3)n1.CSc1ncc2ccc(=O)n(C34CC(C3)C4)c2n1.NC12CC(C1)C2. The average Bonchev–Trinajstić information content (AvgIpc) is 0.804. The van der Waals surface area contributed by atoms with E-state index in [0.717, 1.165) is 87.9 Å². The van der Waals surface area contributed by atoms with Gasteiger partial charge >= 0.3 is 11.9 Å². The van der Waals surface area contributed by atoms with Crippen LogP contribution in [0, 0.1) is 29.6 Å². The van der Waals surface area contributed by atoms with E-state index in [-0.39, 0.29) is 45.5 Å². The zero-order valence-electron chi connectivity index (χ0n) is 51.0. The van der Waals surface area contributed by atoms with Gasteiger partial charge in [-0.3, -0.25) is 14.2 Å². The van der Waals surface area contributed by atoms with Gasteiger partial charge in [0, 0.05) is 70.2 Å². The largest absolute Gasteiger partial charge is 0.462 e. The number of hydrogen-bond acceptors (Lipinski definition) is 26. The molecule has 89 heavy (non-hydrogen) atoms. The summed E-state index contributed by atoms with van der Waals surface area (Å²) >= 11 is 13.1. The molecule has 0 aliphatic heterocycles. The molecule has 0 radical (unpaired) electrons. The van der Waals surface area contributed by atoms with Crippen molar-refractivity contribution in [3.63, 3.8) is 0 Å². The average molecular weight is 1330 g/mol. The van der Waals surface area contributed by atoms with Crippen LogP contribution in [0.3, 0.4) is 0 Å². The maximum absolute atomic E-state index is 12.2. The predicted octanol–water partition coefficient (Wildman–Crippen LogP) is 10.5. The number of hydrogen-bond donors (Lipinski definition) is 5. The molecule has 6 aromatic heterocycles. The molecule has 0 spiro atoms. The number of esters is 2. The van der Waals surface area contributed by atoms with E-state index in [1.807, 2.05) is 48.1 Å². The highest BCUT2D eigenvalue weighted by Gasteiger charge is 2.60. The van der Waals surface area contributed by atoms with Gasteiger partial charge in [-0.05, 0) is 177 Å². The van der Waals surface area contributed by atoms with Crippen molar-refractivity contribution in [2.24, 2.45) is 35.3 Å². The van der Waals surface area contributed by atoms with Crippen LogP contribution in [0.2, 0.25) is 5.15 Å². The summed E-state index contributed by atoms with van der Waals surface area (Å²) < 4.78 is 11.7. The van der Waals surface area contributed by atoms with Crippen LogP contribution in [-0.4, -0.2) is 144 Å². The molecule has 6 heterocycles. The van der Waals surface area contributed by atoms with E-state index in [1.165, 1.54) is 142 Å². The third-order valence-electron chi connectivity index (χ3n) is 18.8. The first-order valence-corrected chi connectivity index (χ1v) is 36.6. The lowest BCUT2D eigenvalue weighted by molar-refractivity contribution is -0.0884. The Morgan fingerprint density at radius 2 is 0.989 bits per heavy atom. The Hall–Kier alpha value is -5.42. The summed E-state index contributed by atoms with van der Waals surface area (Å²) in [5.74, 6) is 5.91. The lowest BCUT2D eigenvalue weighted by Gasteiger charge is -2.62. The minimum absolute atomic E-state index is 0.00347. The van der Waals surface area contributed by atoms with E-state index in [0.29, 0.717) is 62.5 Å². The third kappa shape index (κ3) is 13.9. The van der Waals surface area contributed by atoms with Crippen molar-refractivity contribution in [1.29, 1.82) is 0 Å². The van der Waals surface area contributed by atoms with Gasteiger partial charge in [0.05, 0.1) is 30.9 Å². The molecule has 15 aliphatic carbocycles. The molecule has 28 heteroatoms. The fourth-order valence-electron chi connectivity index (χ4n) is 13.5. The van der Waals surface area contributed by atoms with E-state index in [4.69, 9.17) is 26.8 Å². The Kier molecular flexibility index (Phi) is 19.8. The van der Waals surface area contributed by atoms with Crippen molar-refractivity contribution in [2.75, 3.05) is 60.4 Å². The molecule has 21 rings (SSSR count). The fraction of sp³-hybridized carbons (Fsp3) is 0.574. The number of carbonyl (C=O) groups is 3. The number of pyridine rings is 1. The number of thioether (sulfide) groups is 5. The molecular weight excluding hydrogens is 1250 g/mol. The molecule has 15 fully saturated rings. The Morgan fingerprint density at radius 3 is 1.42 bits per heavy atom. The smallest absolute Gasteiger partial charge is 0.343 e. The van der Waals surface area contributed by atoms with Gasteiger partial charge < -0.3 is 36.3 Å². The molecule has 0 unspecified atom stereocenters. The van der Waals surface area contributed by atoms with Crippen LogP contribution < -0.4 is 27.2 Å². The van der Waals surface area contributed by atoms with E-state index in [9.17, 15) is 24.3 Å². The predicted molar refractivity (Wildman–Crippen MR) is 350 cm³/mol. The summed E-state index contributed by atoms with van der Waals surface area (Å²) in [5.41, 5.74) is 9.71. The number of nitrogens with zero attached hydrogens (tertiary/aromatic N) is 11. The molecular formula is C61H76ClN15O7S5. The molecule has 0 saturated heterocycles. The number of halogens is 1.